The highest BCUT2D eigenvalue weighted by atomic mass is 16.5. The van der Waals surface area contributed by atoms with E-state index in [0.29, 0.717) is 33.9 Å². The average molecular weight is 558 g/mol. The summed E-state index contributed by atoms with van der Waals surface area (Å²) in [5.74, 6) is -1.17. The van der Waals surface area contributed by atoms with Crippen molar-refractivity contribution in [3.05, 3.63) is 125 Å². The lowest BCUT2D eigenvalue weighted by Crippen LogP contribution is -2.49. The van der Waals surface area contributed by atoms with E-state index in [9.17, 15) is 14.4 Å². The number of para-hydroxylation sites is 1. The first-order chi connectivity index (χ1) is 20.5. The third-order valence-electron chi connectivity index (χ3n) is 8.76. The minimum Gasteiger partial charge on any atom is -0.497 e. The molecule has 3 aliphatic rings. The summed E-state index contributed by atoms with van der Waals surface area (Å²) < 4.78 is 11.0. The Morgan fingerprint density at radius 3 is 2.45 bits per heavy atom. The zero-order chi connectivity index (χ0) is 29.0. The molecule has 3 aliphatic heterocycles. The van der Waals surface area contributed by atoms with Crippen LogP contribution in [0.2, 0.25) is 0 Å². The van der Waals surface area contributed by atoms with Crippen LogP contribution in [0.3, 0.4) is 0 Å². The second-order valence-corrected chi connectivity index (χ2v) is 10.6. The number of rotatable bonds is 6. The van der Waals surface area contributed by atoms with Crippen LogP contribution in [-0.2, 0) is 10.2 Å². The van der Waals surface area contributed by atoms with Gasteiger partial charge in [-0.25, -0.2) is 0 Å². The molecule has 1 N–H and O–H groups in total. The number of nitrogens with zero attached hydrogens (tertiary/aromatic N) is 2. The first kappa shape index (κ1) is 25.7. The highest BCUT2D eigenvalue weighted by molar-refractivity contribution is 6.17. The second kappa shape index (κ2) is 9.69. The summed E-state index contributed by atoms with van der Waals surface area (Å²) in [6, 6.07) is 21.9. The van der Waals surface area contributed by atoms with Gasteiger partial charge in [0, 0.05) is 35.9 Å². The van der Waals surface area contributed by atoms with Crippen LogP contribution in [0.1, 0.15) is 43.4 Å². The van der Waals surface area contributed by atoms with Gasteiger partial charge in [0.05, 0.1) is 31.7 Å². The van der Waals surface area contributed by atoms with Gasteiger partial charge in [0.1, 0.15) is 23.0 Å². The Balaban J connectivity index is 1.53. The third kappa shape index (κ3) is 3.48. The largest absolute Gasteiger partial charge is 0.497 e. The van der Waals surface area contributed by atoms with E-state index >= 15 is 0 Å². The van der Waals surface area contributed by atoms with E-state index in [1.807, 2.05) is 65.7 Å². The number of hydrogen-bond acceptors (Lipinski definition) is 7. The lowest BCUT2D eigenvalue weighted by Gasteiger charge is -2.38. The third-order valence-corrected chi connectivity index (χ3v) is 8.76. The number of ether oxygens (including phenoxy) is 2. The molecule has 4 atom stereocenters. The van der Waals surface area contributed by atoms with Gasteiger partial charge in [-0.3, -0.25) is 19.4 Å². The van der Waals surface area contributed by atoms with Gasteiger partial charge in [-0.05, 0) is 53.1 Å². The molecule has 0 bridgehead atoms. The Labute approximate surface area is 242 Å². The van der Waals surface area contributed by atoms with E-state index < -0.39 is 23.4 Å². The molecule has 4 aromatic rings. The van der Waals surface area contributed by atoms with Crippen molar-refractivity contribution in [3.63, 3.8) is 0 Å². The predicted molar refractivity (Wildman–Crippen MR) is 157 cm³/mol. The van der Waals surface area contributed by atoms with Gasteiger partial charge in [0.2, 0.25) is 5.91 Å². The Hall–Kier alpha value is -5.24. The Morgan fingerprint density at radius 2 is 1.67 bits per heavy atom. The van der Waals surface area contributed by atoms with Crippen LogP contribution < -0.4 is 14.8 Å². The average Bonchev–Trinajstić information content (AvgIpc) is 3.52. The second-order valence-electron chi connectivity index (χ2n) is 10.6. The molecule has 0 unspecified atom stereocenters. The molecule has 1 saturated heterocycles. The predicted octanol–water partition coefficient (Wildman–Crippen LogP) is 5.08. The number of methoxy groups -OCH3 is 2. The molecular weight excluding hydrogens is 530 g/mol. The van der Waals surface area contributed by atoms with Crippen molar-refractivity contribution < 1.29 is 23.9 Å². The molecule has 4 heterocycles. The maximum Gasteiger partial charge on any atom is 0.238 e. The van der Waals surface area contributed by atoms with Crippen LogP contribution in [0.15, 0.2) is 97.5 Å². The van der Waals surface area contributed by atoms with Crippen LogP contribution >= 0.6 is 0 Å². The first-order valence-corrected chi connectivity index (χ1v) is 13.7. The topological polar surface area (TPSA) is 97.8 Å². The quantitative estimate of drug-likeness (QED) is 0.330. The Morgan fingerprint density at radius 1 is 0.905 bits per heavy atom. The van der Waals surface area contributed by atoms with Crippen molar-refractivity contribution in [3.8, 4) is 11.5 Å². The maximum absolute atomic E-state index is 14.8. The standard InChI is InChI=1S/C34H27N3O5/c1-41-22-11-12-24(27(19-22)42-2)31(39)29-28(30(38)21-13-16-35-17-14-21)34(25-9-5-6-10-26(25)36-33(34)40)32-23-8-4-3-7-20(23)15-18-37(29)32/h3-19,28-29,32H,1-2H3,(H,36,40)/t28-,29-,32-,34+/m1/s1. The number of carbonyl (C=O) groups is 3. The number of benzene rings is 3. The molecule has 1 fully saturated rings. The van der Waals surface area contributed by atoms with Crippen LogP contribution in [0.5, 0.6) is 11.5 Å². The number of anilines is 1. The number of carbonyl (C=O) groups excluding carboxylic acids is 3. The number of aromatic nitrogens is 1. The number of hydrogen-bond donors (Lipinski definition) is 1. The van der Waals surface area contributed by atoms with E-state index in [1.165, 1.54) is 14.2 Å². The van der Waals surface area contributed by atoms with Crippen molar-refractivity contribution in [1.29, 1.82) is 0 Å². The molecule has 208 valence electrons. The smallest absolute Gasteiger partial charge is 0.238 e. The Bertz CT molecular complexity index is 1790. The summed E-state index contributed by atoms with van der Waals surface area (Å²) in [5.41, 5.74) is 2.40. The molecule has 0 saturated carbocycles. The van der Waals surface area contributed by atoms with E-state index in [-0.39, 0.29) is 17.5 Å². The number of Topliss-reactive ketones (excluding diaryl/α,β-unsaturated/α-hetero) is 2. The van der Waals surface area contributed by atoms with Gasteiger partial charge in [-0.2, -0.15) is 0 Å². The number of nitrogens with one attached hydrogen (secondary N) is 1. The van der Waals surface area contributed by atoms with Gasteiger partial charge in [-0.1, -0.05) is 42.5 Å². The van der Waals surface area contributed by atoms with Crippen LogP contribution in [-0.4, -0.2) is 47.6 Å². The van der Waals surface area contributed by atoms with Gasteiger partial charge < -0.3 is 19.7 Å². The number of amides is 1. The zero-order valence-corrected chi connectivity index (χ0v) is 23.0. The minimum absolute atomic E-state index is 0.297. The molecule has 42 heavy (non-hydrogen) atoms. The zero-order valence-electron chi connectivity index (χ0n) is 23.0. The van der Waals surface area contributed by atoms with Crippen molar-refractivity contribution >= 4 is 29.2 Å². The van der Waals surface area contributed by atoms with Crippen molar-refractivity contribution in [2.45, 2.75) is 17.5 Å². The summed E-state index contributed by atoms with van der Waals surface area (Å²) in [7, 11) is 3.03. The van der Waals surface area contributed by atoms with Gasteiger partial charge in [0.25, 0.3) is 0 Å². The van der Waals surface area contributed by atoms with Crippen LogP contribution in [0.4, 0.5) is 5.69 Å². The van der Waals surface area contributed by atoms with Crippen molar-refractivity contribution in [2.24, 2.45) is 5.92 Å². The van der Waals surface area contributed by atoms with E-state index in [4.69, 9.17) is 9.47 Å². The van der Waals surface area contributed by atoms with Crippen molar-refractivity contribution in [2.75, 3.05) is 19.5 Å². The Kier molecular flexibility index (Phi) is 5.93. The number of pyridine rings is 1. The number of fused-ring (bicyclic) bond motifs is 6. The highest BCUT2D eigenvalue weighted by Crippen LogP contribution is 2.62. The first-order valence-electron chi connectivity index (χ1n) is 13.7. The normalized spacial score (nSPS) is 23.1. The molecule has 8 heteroatoms. The van der Waals surface area contributed by atoms with Gasteiger partial charge in [-0.15, -0.1) is 0 Å². The molecule has 1 aromatic heterocycles. The summed E-state index contributed by atoms with van der Waals surface area (Å²) in [4.78, 5) is 50.1. The molecule has 1 spiro atoms. The molecule has 3 aromatic carbocycles. The fourth-order valence-corrected chi connectivity index (χ4v) is 7.02. The lowest BCUT2D eigenvalue weighted by molar-refractivity contribution is -0.122. The molecule has 0 aliphatic carbocycles. The maximum atomic E-state index is 14.8. The monoisotopic (exact) mass is 557 g/mol. The van der Waals surface area contributed by atoms with Gasteiger partial charge >= 0.3 is 0 Å². The molecule has 1 amide bonds. The fourth-order valence-electron chi connectivity index (χ4n) is 7.02. The lowest BCUT2D eigenvalue weighted by atomic mass is 9.62. The number of ketones is 2. The van der Waals surface area contributed by atoms with Crippen LogP contribution in [0, 0.1) is 5.92 Å². The molecule has 8 nitrogen and oxygen atoms in total. The van der Waals surface area contributed by atoms with E-state index in [2.05, 4.69) is 10.3 Å². The summed E-state index contributed by atoms with van der Waals surface area (Å²) in [6.45, 7) is 0. The molecule has 7 rings (SSSR count). The van der Waals surface area contributed by atoms with E-state index in [0.717, 1.165) is 11.1 Å². The summed E-state index contributed by atoms with van der Waals surface area (Å²) in [5, 5.41) is 3.06. The summed E-state index contributed by atoms with van der Waals surface area (Å²) in [6.07, 6.45) is 6.87. The fraction of sp³-hybridized carbons (Fsp3) is 0.176. The molecule has 0 radical (unpaired) electrons. The minimum atomic E-state index is -1.40. The summed E-state index contributed by atoms with van der Waals surface area (Å²) >= 11 is 0. The molecular formula is C34H27N3O5. The van der Waals surface area contributed by atoms with Crippen LogP contribution in [0.25, 0.3) is 6.08 Å². The SMILES string of the molecule is COc1ccc(C(=O)[C@H]2[C@H](C(=O)c3ccncc3)[C@]3(C(=O)Nc4ccccc43)[C@H]3c4ccccc4C=CN23)c(OC)c1. The highest BCUT2D eigenvalue weighted by Gasteiger charge is 2.70. The van der Waals surface area contributed by atoms with Gasteiger partial charge in [0.15, 0.2) is 11.6 Å². The van der Waals surface area contributed by atoms with E-state index in [1.54, 1.807) is 42.7 Å². The van der Waals surface area contributed by atoms with Crippen molar-refractivity contribution in [1.82, 2.24) is 9.88 Å².